The van der Waals surface area contributed by atoms with Crippen LogP contribution >= 0.6 is 0 Å². The fourth-order valence-electron chi connectivity index (χ4n) is 3.72. The Kier molecular flexibility index (Phi) is 6.90. The molecule has 2 atom stereocenters. The average Bonchev–Trinajstić information content (AvgIpc) is 2.91. The van der Waals surface area contributed by atoms with Crippen molar-refractivity contribution in [2.45, 2.75) is 78.2 Å². The number of hydrogen-bond acceptors (Lipinski definition) is 4. The Bertz CT molecular complexity index is 801. The van der Waals surface area contributed by atoms with Crippen LogP contribution < -0.4 is 5.46 Å². The standard InChI is InChI=1S/C22H28BNO4.C2H6/c1-21(2)22(3,4)28-23(27-21)18-11-8-9-16(13-18)15-24-20(25)17-10-6-5-7-12-19(14-17)26-24;1-2/h6-13,17,19H,5,14-15H2,1-4H3;1-2H3/b10-6-,12-7-;. The fourth-order valence-corrected chi connectivity index (χ4v) is 3.72. The molecule has 1 aromatic carbocycles. The monoisotopic (exact) mass is 411 g/mol. The summed E-state index contributed by atoms with van der Waals surface area (Å²) in [4.78, 5) is 18.7. The third kappa shape index (κ3) is 4.71. The summed E-state index contributed by atoms with van der Waals surface area (Å²) < 4.78 is 12.3. The first-order chi connectivity index (χ1) is 14.2. The van der Waals surface area contributed by atoms with Crippen LogP contribution in [-0.2, 0) is 25.5 Å². The van der Waals surface area contributed by atoms with E-state index in [0.29, 0.717) is 13.0 Å². The molecule has 1 amide bonds. The number of amides is 1. The van der Waals surface area contributed by atoms with Crippen LogP contribution in [-0.4, -0.2) is 35.4 Å². The summed E-state index contributed by atoms with van der Waals surface area (Å²) in [6.07, 6.45) is 9.70. The minimum absolute atomic E-state index is 0.0174. The van der Waals surface area contributed by atoms with E-state index in [4.69, 9.17) is 14.1 Å². The zero-order valence-electron chi connectivity index (χ0n) is 19.1. The highest BCUT2D eigenvalue weighted by molar-refractivity contribution is 6.62. The number of hydrogen-bond donors (Lipinski definition) is 0. The van der Waals surface area contributed by atoms with Gasteiger partial charge in [0, 0.05) is 0 Å². The van der Waals surface area contributed by atoms with Crippen LogP contribution in [0.15, 0.2) is 48.6 Å². The summed E-state index contributed by atoms with van der Waals surface area (Å²) in [6, 6.07) is 8.01. The highest BCUT2D eigenvalue weighted by Crippen LogP contribution is 2.36. The van der Waals surface area contributed by atoms with Crippen molar-refractivity contribution in [1.82, 2.24) is 5.06 Å². The van der Waals surface area contributed by atoms with E-state index >= 15 is 0 Å². The predicted octanol–water partition coefficient (Wildman–Crippen LogP) is 4.18. The van der Waals surface area contributed by atoms with Gasteiger partial charge in [0.25, 0.3) is 5.91 Å². The van der Waals surface area contributed by atoms with Gasteiger partial charge < -0.3 is 9.31 Å². The fraction of sp³-hybridized carbons (Fsp3) is 0.542. The van der Waals surface area contributed by atoms with Crippen LogP contribution in [0.25, 0.3) is 0 Å². The molecule has 1 aliphatic carbocycles. The second-order valence-corrected chi connectivity index (χ2v) is 8.79. The first-order valence-electron chi connectivity index (χ1n) is 11.0. The second kappa shape index (κ2) is 9.09. The third-order valence-corrected chi connectivity index (χ3v) is 6.11. The van der Waals surface area contributed by atoms with Crippen LogP contribution in [0.4, 0.5) is 0 Å². The van der Waals surface area contributed by atoms with Gasteiger partial charge in [0.1, 0.15) is 6.10 Å². The molecule has 0 radical (unpaired) electrons. The zero-order chi connectivity index (χ0) is 21.9. The van der Waals surface area contributed by atoms with Crippen molar-refractivity contribution in [2.24, 2.45) is 5.92 Å². The third-order valence-electron chi connectivity index (χ3n) is 6.11. The molecule has 2 bridgehead atoms. The summed E-state index contributed by atoms with van der Waals surface area (Å²) >= 11 is 0. The largest absolute Gasteiger partial charge is 0.494 e. The molecule has 2 fully saturated rings. The lowest BCUT2D eigenvalue weighted by atomic mass is 9.78. The summed E-state index contributed by atoms with van der Waals surface area (Å²) in [5.74, 6) is -0.0983. The van der Waals surface area contributed by atoms with Gasteiger partial charge in [-0.05, 0) is 51.6 Å². The van der Waals surface area contributed by atoms with Crippen molar-refractivity contribution in [3.8, 4) is 0 Å². The number of hydroxylamine groups is 2. The molecule has 162 valence electrons. The lowest BCUT2D eigenvalue weighted by molar-refractivity contribution is -0.222. The Morgan fingerprint density at radius 3 is 2.43 bits per heavy atom. The Labute approximate surface area is 181 Å². The maximum absolute atomic E-state index is 12.8. The number of nitrogens with zero attached hydrogens (tertiary/aromatic N) is 1. The normalized spacial score (nSPS) is 28.8. The van der Waals surface area contributed by atoms with Gasteiger partial charge in [-0.15, -0.1) is 0 Å². The Balaban J connectivity index is 0.00000124. The van der Waals surface area contributed by atoms with Crippen LogP contribution in [0.3, 0.4) is 0 Å². The first kappa shape index (κ1) is 22.8. The number of benzene rings is 1. The van der Waals surface area contributed by atoms with Gasteiger partial charge in [0.05, 0.1) is 23.7 Å². The number of fused-ring (bicyclic) bond motifs is 2. The lowest BCUT2D eigenvalue weighted by Gasteiger charge is -2.35. The van der Waals surface area contributed by atoms with Crippen molar-refractivity contribution in [3.63, 3.8) is 0 Å². The van der Waals surface area contributed by atoms with Crippen molar-refractivity contribution >= 4 is 18.5 Å². The topological polar surface area (TPSA) is 48.0 Å². The van der Waals surface area contributed by atoms with Gasteiger partial charge in [0.2, 0.25) is 0 Å². The van der Waals surface area contributed by atoms with E-state index < -0.39 is 7.12 Å². The Morgan fingerprint density at radius 2 is 1.73 bits per heavy atom. The van der Waals surface area contributed by atoms with Crippen LogP contribution in [0.2, 0.25) is 0 Å². The van der Waals surface area contributed by atoms with E-state index in [0.717, 1.165) is 17.4 Å². The molecular weight excluding hydrogens is 377 g/mol. The highest BCUT2D eigenvalue weighted by Gasteiger charge is 2.51. The van der Waals surface area contributed by atoms with E-state index in [-0.39, 0.29) is 29.1 Å². The maximum atomic E-state index is 12.8. The van der Waals surface area contributed by atoms with E-state index in [9.17, 15) is 4.79 Å². The molecule has 0 aromatic heterocycles. The molecular formula is C24H34BNO4. The zero-order valence-corrected chi connectivity index (χ0v) is 19.1. The molecule has 0 spiro atoms. The molecule has 0 saturated carbocycles. The summed E-state index contributed by atoms with van der Waals surface area (Å²) in [5.41, 5.74) is 1.18. The molecule has 6 heteroatoms. The quantitative estimate of drug-likeness (QED) is 0.553. The Morgan fingerprint density at radius 1 is 1.07 bits per heavy atom. The number of allylic oxidation sites excluding steroid dienone is 2. The Hall–Kier alpha value is -1.89. The van der Waals surface area contributed by atoms with E-state index in [2.05, 4.69) is 18.2 Å². The predicted molar refractivity (Wildman–Crippen MR) is 120 cm³/mol. The van der Waals surface area contributed by atoms with Crippen LogP contribution in [0.5, 0.6) is 0 Å². The van der Waals surface area contributed by atoms with Crippen LogP contribution in [0, 0.1) is 5.92 Å². The molecule has 4 rings (SSSR count). The first-order valence-corrected chi connectivity index (χ1v) is 11.0. The second-order valence-electron chi connectivity index (χ2n) is 8.79. The molecule has 5 nitrogen and oxygen atoms in total. The van der Waals surface area contributed by atoms with Gasteiger partial charge in [-0.25, -0.2) is 5.06 Å². The molecule has 2 heterocycles. The van der Waals surface area contributed by atoms with E-state index in [1.807, 2.05) is 71.9 Å². The molecule has 2 saturated heterocycles. The smallest absolute Gasteiger partial charge is 0.399 e. The molecule has 30 heavy (non-hydrogen) atoms. The minimum atomic E-state index is -0.417. The summed E-state index contributed by atoms with van der Waals surface area (Å²) in [6.45, 7) is 12.6. The average molecular weight is 411 g/mol. The van der Waals surface area contributed by atoms with Gasteiger partial charge >= 0.3 is 7.12 Å². The molecule has 2 aliphatic heterocycles. The van der Waals surface area contributed by atoms with Gasteiger partial charge in [0.15, 0.2) is 0 Å². The number of rotatable bonds is 3. The number of carbonyl (C=O) groups excluding carboxylic acids is 1. The summed E-state index contributed by atoms with van der Waals surface area (Å²) in [5, 5.41) is 1.50. The van der Waals surface area contributed by atoms with Crippen LogP contribution in [0.1, 0.15) is 59.9 Å². The highest BCUT2D eigenvalue weighted by atomic mass is 16.7. The van der Waals surface area contributed by atoms with Crippen molar-refractivity contribution < 1.29 is 18.9 Å². The lowest BCUT2D eigenvalue weighted by Crippen LogP contribution is -2.44. The molecule has 1 aromatic rings. The molecule has 3 aliphatic rings. The van der Waals surface area contributed by atoms with Crippen molar-refractivity contribution in [3.05, 3.63) is 54.1 Å². The summed E-state index contributed by atoms with van der Waals surface area (Å²) in [7, 11) is -0.417. The van der Waals surface area contributed by atoms with Crippen molar-refractivity contribution in [2.75, 3.05) is 0 Å². The molecule has 0 N–H and O–H groups in total. The van der Waals surface area contributed by atoms with Crippen molar-refractivity contribution in [1.29, 1.82) is 0 Å². The van der Waals surface area contributed by atoms with Gasteiger partial charge in [-0.2, -0.15) is 0 Å². The van der Waals surface area contributed by atoms with Gasteiger partial charge in [-0.1, -0.05) is 62.4 Å². The minimum Gasteiger partial charge on any atom is -0.399 e. The van der Waals surface area contributed by atoms with Gasteiger partial charge in [-0.3, -0.25) is 9.63 Å². The SMILES string of the molecule is CC.CC1(C)OB(c2cccc(CN3OC4/C=C\C/C=C\C(C4)C3=O)c2)OC1(C)C. The number of carbonyl (C=O) groups is 1. The molecule has 2 unspecified atom stereocenters. The van der Waals surface area contributed by atoms with E-state index in [1.54, 1.807) is 0 Å². The van der Waals surface area contributed by atoms with E-state index in [1.165, 1.54) is 5.06 Å². The maximum Gasteiger partial charge on any atom is 0.494 e.